The van der Waals surface area contributed by atoms with Crippen LogP contribution in [0.25, 0.3) is 11.1 Å². The zero-order chi connectivity index (χ0) is 10.7. The molecule has 2 rings (SSSR count). The highest BCUT2D eigenvalue weighted by Crippen LogP contribution is 2.30. The molecule has 15 heavy (non-hydrogen) atoms. The van der Waals surface area contributed by atoms with Gasteiger partial charge >= 0.3 is 0 Å². The molecule has 76 valence electrons. The SMILES string of the molecule is COc1nscc1-c1ccc(C=O)cc1. The average Bonchev–Trinajstić information content (AvgIpc) is 2.77. The molecule has 0 bridgehead atoms. The second-order valence-corrected chi connectivity index (χ2v) is 3.61. The van der Waals surface area contributed by atoms with E-state index in [9.17, 15) is 4.79 Å². The molecule has 0 N–H and O–H groups in total. The van der Waals surface area contributed by atoms with Gasteiger partial charge in [-0.15, -0.1) is 0 Å². The fourth-order valence-corrected chi connectivity index (χ4v) is 1.97. The molecule has 0 radical (unpaired) electrons. The van der Waals surface area contributed by atoms with Crippen LogP contribution in [-0.4, -0.2) is 17.8 Å². The van der Waals surface area contributed by atoms with Crippen LogP contribution < -0.4 is 4.74 Å². The number of hydrogen-bond acceptors (Lipinski definition) is 4. The molecule has 3 nitrogen and oxygen atoms in total. The molecule has 0 fully saturated rings. The van der Waals surface area contributed by atoms with Crippen molar-refractivity contribution in [2.24, 2.45) is 0 Å². The molecule has 0 aliphatic rings. The van der Waals surface area contributed by atoms with E-state index in [0.29, 0.717) is 11.4 Å². The monoisotopic (exact) mass is 219 g/mol. The van der Waals surface area contributed by atoms with E-state index in [-0.39, 0.29) is 0 Å². The number of rotatable bonds is 3. The Balaban J connectivity index is 2.41. The van der Waals surface area contributed by atoms with Crippen molar-refractivity contribution in [3.63, 3.8) is 0 Å². The van der Waals surface area contributed by atoms with Gasteiger partial charge in [-0.2, -0.15) is 4.37 Å². The lowest BCUT2D eigenvalue weighted by atomic mass is 10.1. The van der Waals surface area contributed by atoms with E-state index in [4.69, 9.17) is 4.74 Å². The molecular formula is C11H9NO2S. The first kappa shape index (κ1) is 9.86. The van der Waals surface area contributed by atoms with Gasteiger partial charge in [-0.05, 0) is 17.1 Å². The third kappa shape index (κ3) is 1.89. The van der Waals surface area contributed by atoms with E-state index >= 15 is 0 Å². The third-order valence-electron chi connectivity index (χ3n) is 2.09. The number of methoxy groups -OCH3 is 1. The first-order chi connectivity index (χ1) is 7.35. The van der Waals surface area contributed by atoms with Gasteiger partial charge in [0.1, 0.15) is 6.29 Å². The number of ether oxygens (including phenoxy) is 1. The van der Waals surface area contributed by atoms with Crippen LogP contribution in [-0.2, 0) is 0 Å². The predicted octanol–water partition coefficient (Wildman–Crippen LogP) is 2.63. The fourth-order valence-electron chi connectivity index (χ4n) is 1.31. The number of hydrogen-bond donors (Lipinski definition) is 0. The maximum atomic E-state index is 10.5. The zero-order valence-corrected chi connectivity index (χ0v) is 8.95. The summed E-state index contributed by atoms with van der Waals surface area (Å²) in [6.07, 6.45) is 0.826. The van der Waals surface area contributed by atoms with Gasteiger partial charge in [0.25, 0.3) is 0 Å². The van der Waals surface area contributed by atoms with Gasteiger partial charge in [-0.3, -0.25) is 4.79 Å². The van der Waals surface area contributed by atoms with Gasteiger partial charge in [0, 0.05) is 10.9 Å². The van der Waals surface area contributed by atoms with Crippen LogP contribution in [0.4, 0.5) is 0 Å². The Bertz CT molecular complexity index is 462. The Labute approximate surface area is 91.5 Å². The van der Waals surface area contributed by atoms with E-state index in [2.05, 4.69) is 4.37 Å². The average molecular weight is 219 g/mol. The van der Waals surface area contributed by atoms with E-state index in [1.54, 1.807) is 19.2 Å². The van der Waals surface area contributed by atoms with Gasteiger partial charge in [0.2, 0.25) is 5.88 Å². The van der Waals surface area contributed by atoms with Crippen LogP contribution in [0.5, 0.6) is 5.88 Å². The molecule has 0 amide bonds. The van der Waals surface area contributed by atoms with Crippen LogP contribution in [0.15, 0.2) is 29.6 Å². The van der Waals surface area contributed by atoms with Gasteiger partial charge in [0.15, 0.2) is 0 Å². The summed E-state index contributed by atoms with van der Waals surface area (Å²) in [7, 11) is 1.60. The van der Waals surface area contributed by atoms with Crippen molar-refractivity contribution in [3.8, 4) is 17.0 Å². The summed E-state index contributed by atoms with van der Waals surface area (Å²) in [6, 6.07) is 7.32. The quantitative estimate of drug-likeness (QED) is 0.745. The topological polar surface area (TPSA) is 39.2 Å². The number of aromatic nitrogens is 1. The lowest BCUT2D eigenvalue weighted by molar-refractivity contribution is 0.112. The molecule has 0 unspecified atom stereocenters. The molecule has 0 aliphatic heterocycles. The van der Waals surface area contributed by atoms with Crippen molar-refractivity contribution < 1.29 is 9.53 Å². The van der Waals surface area contributed by atoms with Gasteiger partial charge in [-0.1, -0.05) is 24.3 Å². The molecule has 0 spiro atoms. The molecule has 0 saturated carbocycles. The minimum Gasteiger partial charge on any atom is -0.480 e. The minimum atomic E-state index is 0.624. The standard InChI is InChI=1S/C11H9NO2S/c1-14-11-10(7-15-12-11)9-4-2-8(6-13)3-5-9/h2-7H,1H3. The number of carbonyl (C=O) groups excluding carboxylic acids is 1. The number of carbonyl (C=O) groups is 1. The Hall–Kier alpha value is -1.68. The van der Waals surface area contributed by atoms with Gasteiger partial charge < -0.3 is 4.74 Å². The van der Waals surface area contributed by atoms with Crippen molar-refractivity contribution in [1.29, 1.82) is 0 Å². The lowest BCUT2D eigenvalue weighted by Gasteiger charge is -2.01. The predicted molar refractivity (Wildman–Crippen MR) is 59.5 cm³/mol. The van der Waals surface area contributed by atoms with Crippen molar-refractivity contribution in [1.82, 2.24) is 4.37 Å². The Morgan fingerprint density at radius 3 is 2.67 bits per heavy atom. The van der Waals surface area contributed by atoms with E-state index in [0.717, 1.165) is 17.4 Å². The molecule has 2 aromatic rings. The van der Waals surface area contributed by atoms with Gasteiger partial charge in [0.05, 0.1) is 12.7 Å². The Morgan fingerprint density at radius 1 is 1.33 bits per heavy atom. The molecule has 0 saturated heterocycles. The number of nitrogens with zero attached hydrogens (tertiary/aromatic N) is 1. The second kappa shape index (κ2) is 4.23. The summed E-state index contributed by atoms with van der Waals surface area (Å²) in [5.41, 5.74) is 2.63. The first-order valence-corrected chi connectivity index (χ1v) is 5.23. The number of benzene rings is 1. The molecule has 4 heteroatoms. The minimum absolute atomic E-state index is 0.624. The zero-order valence-electron chi connectivity index (χ0n) is 8.14. The summed E-state index contributed by atoms with van der Waals surface area (Å²) >= 11 is 1.35. The first-order valence-electron chi connectivity index (χ1n) is 4.39. The lowest BCUT2D eigenvalue weighted by Crippen LogP contribution is -1.85. The molecule has 0 aliphatic carbocycles. The van der Waals surface area contributed by atoms with Crippen molar-refractivity contribution >= 4 is 17.8 Å². The van der Waals surface area contributed by atoms with Gasteiger partial charge in [-0.25, -0.2) is 0 Å². The highest BCUT2D eigenvalue weighted by molar-refractivity contribution is 7.04. The molecule has 0 atom stereocenters. The summed E-state index contributed by atoms with van der Waals surface area (Å²) in [6.45, 7) is 0. The Kier molecular flexibility index (Phi) is 2.78. The summed E-state index contributed by atoms with van der Waals surface area (Å²) in [4.78, 5) is 10.5. The van der Waals surface area contributed by atoms with Crippen molar-refractivity contribution in [3.05, 3.63) is 35.2 Å². The van der Waals surface area contributed by atoms with Crippen LogP contribution in [0.2, 0.25) is 0 Å². The maximum Gasteiger partial charge on any atom is 0.232 e. The Morgan fingerprint density at radius 2 is 2.07 bits per heavy atom. The molecular weight excluding hydrogens is 210 g/mol. The van der Waals surface area contributed by atoms with Crippen molar-refractivity contribution in [2.75, 3.05) is 7.11 Å². The summed E-state index contributed by atoms with van der Waals surface area (Å²) < 4.78 is 9.23. The third-order valence-corrected chi connectivity index (χ3v) is 2.70. The summed E-state index contributed by atoms with van der Waals surface area (Å²) in [5, 5.41) is 1.93. The van der Waals surface area contributed by atoms with E-state index in [1.165, 1.54) is 11.5 Å². The molecule has 1 aromatic heterocycles. The smallest absolute Gasteiger partial charge is 0.232 e. The molecule has 1 heterocycles. The van der Waals surface area contributed by atoms with E-state index in [1.807, 2.05) is 17.5 Å². The van der Waals surface area contributed by atoms with Crippen LogP contribution in [0.3, 0.4) is 0 Å². The largest absolute Gasteiger partial charge is 0.480 e. The van der Waals surface area contributed by atoms with Crippen LogP contribution in [0.1, 0.15) is 10.4 Å². The second-order valence-electron chi connectivity index (χ2n) is 2.98. The van der Waals surface area contributed by atoms with Crippen molar-refractivity contribution in [2.45, 2.75) is 0 Å². The van der Waals surface area contributed by atoms with Crippen LogP contribution in [0, 0.1) is 0 Å². The molecule has 1 aromatic carbocycles. The fraction of sp³-hybridized carbons (Fsp3) is 0.0909. The normalized spacial score (nSPS) is 9.93. The highest BCUT2D eigenvalue weighted by atomic mass is 32.1. The number of aldehydes is 1. The highest BCUT2D eigenvalue weighted by Gasteiger charge is 2.07. The van der Waals surface area contributed by atoms with E-state index < -0.39 is 0 Å². The summed E-state index contributed by atoms with van der Waals surface area (Å²) in [5.74, 6) is 0.624. The maximum absolute atomic E-state index is 10.5. The van der Waals surface area contributed by atoms with Crippen LogP contribution >= 0.6 is 11.5 Å².